The fourth-order valence-electron chi connectivity index (χ4n) is 12.0. The van der Waals surface area contributed by atoms with Gasteiger partial charge in [0.1, 0.15) is 0 Å². The van der Waals surface area contributed by atoms with Crippen LogP contribution in [0.4, 0.5) is 0 Å². The van der Waals surface area contributed by atoms with E-state index in [0.29, 0.717) is 0 Å². The first-order valence-corrected chi connectivity index (χ1v) is 14.9. The van der Waals surface area contributed by atoms with Gasteiger partial charge in [-0.25, -0.2) is 0 Å². The highest BCUT2D eigenvalue weighted by Crippen LogP contribution is 2.60. The molecule has 0 aromatic carbocycles. The Kier molecular flexibility index (Phi) is 5.59. The average Bonchev–Trinajstić information content (AvgIpc) is 3.28. The number of hydrogen-bond donors (Lipinski definition) is 0. The van der Waals surface area contributed by atoms with Crippen LogP contribution in [0.25, 0.3) is 0 Å². The smallest absolute Gasteiger partial charge is 0.0318 e. The molecular formula is C31H52. The molecule has 0 nitrogen and oxygen atoms in total. The molecule has 0 heteroatoms. The summed E-state index contributed by atoms with van der Waals surface area (Å²) in [6.45, 7) is 7.43. The summed E-state index contributed by atoms with van der Waals surface area (Å²) in [5, 5.41) is 0. The zero-order valence-corrected chi connectivity index (χ0v) is 21.2. The SMILES string of the molecule is CC12CC3CC(CC(C3)C1)C2.CC12CC3CC(CC(C3)C1)C2.CCC1CC2CCC1C2. The van der Waals surface area contributed by atoms with Crippen LogP contribution in [0.15, 0.2) is 0 Å². The van der Waals surface area contributed by atoms with E-state index < -0.39 is 0 Å². The predicted octanol–water partition coefficient (Wildman–Crippen LogP) is 9.28. The summed E-state index contributed by atoms with van der Waals surface area (Å²) in [5.41, 5.74) is 1.60. The van der Waals surface area contributed by atoms with Crippen molar-refractivity contribution in [1.29, 1.82) is 0 Å². The monoisotopic (exact) mass is 424 g/mol. The van der Waals surface area contributed by atoms with Gasteiger partial charge in [-0.3, -0.25) is 0 Å². The summed E-state index contributed by atoms with van der Waals surface area (Å²) in [6, 6.07) is 0. The lowest BCUT2D eigenvalue weighted by Crippen LogP contribution is -2.44. The maximum Gasteiger partial charge on any atom is -0.0318 e. The zero-order valence-electron chi connectivity index (χ0n) is 21.2. The highest BCUT2D eigenvalue weighted by Gasteiger charge is 2.49. The lowest BCUT2D eigenvalue weighted by molar-refractivity contribution is -0.0413. The van der Waals surface area contributed by atoms with E-state index in [9.17, 15) is 0 Å². The van der Waals surface area contributed by atoms with E-state index >= 15 is 0 Å². The van der Waals surface area contributed by atoms with Gasteiger partial charge in [0.2, 0.25) is 0 Å². The minimum atomic E-state index is 0.800. The fourth-order valence-corrected chi connectivity index (χ4v) is 12.0. The van der Waals surface area contributed by atoms with Crippen LogP contribution in [0.1, 0.15) is 130 Å². The third-order valence-corrected chi connectivity index (χ3v) is 12.1. The second-order valence-corrected chi connectivity index (χ2v) is 15.3. The number of rotatable bonds is 1. The van der Waals surface area contributed by atoms with E-state index in [4.69, 9.17) is 0 Å². The molecule has 0 amide bonds. The Morgan fingerprint density at radius 3 is 1.06 bits per heavy atom. The van der Waals surface area contributed by atoms with Gasteiger partial charge in [0.25, 0.3) is 0 Å². The van der Waals surface area contributed by atoms with Gasteiger partial charge in [-0.05, 0) is 160 Å². The average molecular weight is 425 g/mol. The fraction of sp³-hybridized carbons (Fsp3) is 1.00. The molecule has 0 heterocycles. The maximum atomic E-state index is 2.54. The van der Waals surface area contributed by atoms with E-state index in [1.165, 1.54) is 6.42 Å². The van der Waals surface area contributed by atoms with Gasteiger partial charge in [-0.2, -0.15) is 0 Å². The first-order chi connectivity index (χ1) is 14.9. The van der Waals surface area contributed by atoms with Crippen LogP contribution in [0, 0.1) is 64.1 Å². The van der Waals surface area contributed by atoms with Crippen molar-refractivity contribution in [2.75, 3.05) is 0 Å². The quantitative estimate of drug-likeness (QED) is 0.393. The molecule has 176 valence electrons. The van der Waals surface area contributed by atoms with Crippen LogP contribution < -0.4 is 0 Å². The highest BCUT2D eigenvalue weighted by atomic mass is 14.5. The molecule has 10 fully saturated rings. The summed E-state index contributed by atoms with van der Waals surface area (Å²) in [7, 11) is 0. The molecule has 3 unspecified atom stereocenters. The molecule has 10 saturated carbocycles. The van der Waals surface area contributed by atoms with Crippen molar-refractivity contribution in [1.82, 2.24) is 0 Å². The summed E-state index contributed by atoms with van der Waals surface area (Å²) in [6.07, 6.45) is 26.7. The number of fused-ring (bicyclic) bond motifs is 2. The highest BCUT2D eigenvalue weighted by molar-refractivity contribution is 5.00. The van der Waals surface area contributed by atoms with Crippen molar-refractivity contribution in [3.63, 3.8) is 0 Å². The second-order valence-electron chi connectivity index (χ2n) is 15.3. The molecule has 0 N–H and O–H groups in total. The molecule has 10 aliphatic carbocycles. The van der Waals surface area contributed by atoms with E-state index in [2.05, 4.69) is 20.8 Å². The third-order valence-electron chi connectivity index (χ3n) is 12.1. The lowest BCUT2D eigenvalue weighted by Gasteiger charge is -2.55. The lowest BCUT2D eigenvalue weighted by atomic mass is 9.50. The first-order valence-electron chi connectivity index (χ1n) is 14.9. The van der Waals surface area contributed by atoms with Crippen molar-refractivity contribution in [2.24, 2.45) is 64.1 Å². The predicted molar refractivity (Wildman–Crippen MR) is 132 cm³/mol. The zero-order chi connectivity index (χ0) is 21.2. The Labute approximate surface area is 194 Å². The molecule has 10 bridgehead atoms. The summed E-state index contributed by atoms with van der Waals surface area (Å²) in [5.74, 6) is 10.3. The Balaban J connectivity index is 0.0000000902. The van der Waals surface area contributed by atoms with Crippen LogP contribution in [-0.2, 0) is 0 Å². The summed E-state index contributed by atoms with van der Waals surface area (Å²) in [4.78, 5) is 0. The van der Waals surface area contributed by atoms with Crippen molar-refractivity contribution < 1.29 is 0 Å². The molecule has 0 radical (unpaired) electrons. The van der Waals surface area contributed by atoms with Crippen LogP contribution in [-0.4, -0.2) is 0 Å². The molecule has 31 heavy (non-hydrogen) atoms. The van der Waals surface area contributed by atoms with Crippen molar-refractivity contribution in [3.8, 4) is 0 Å². The van der Waals surface area contributed by atoms with Gasteiger partial charge in [-0.1, -0.05) is 33.6 Å². The first kappa shape index (κ1) is 21.5. The molecule has 0 saturated heterocycles. The van der Waals surface area contributed by atoms with Crippen molar-refractivity contribution in [3.05, 3.63) is 0 Å². The Morgan fingerprint density at radius 1 is 0.484 bits per heavy atom. The summed E-state index contributed by atoms with van der Waals surface area (Å²) < 4.78 is 0. The van der Waals surface area contributed by atoms with Gasteiger partial charge < -0.3 is 0 Å². The minimum Gasteiger partial charge on any atom is -0.0651 e. The van der Waals surface area contributed by atoms with Crippen molar-refractivity contribution in [2.45, 2.75) is 130 Å². The van der Waals surface area contributed by atoms with Crippen LogP contribution in [0.5, 0.6) is 0 Å². The Morgan fingerprint density at radius 2 is 0.871 bits per heavy atom. The van der Waals surface area contributed by atoms with E-state index in [1.54, 1.807) is 103 Å². The largest absolute Gasteiger partial charge is 0.0651 e. The number of hydrogen-bond acceptors (Lipinski definition) is 0. The van der Waals surface area contributed by atoms with Crippen molar-refractivity contribution >= 4 is 0 Å². The van der Waals surface area contributed by atoms with Crippen LogP contribution in [0.3, 0.4) is 0 Å². The molecule has 0 spiro atoms. The molecule has 0 aromatic rings. The van der Waals surface area contributed by atoms with Crippen LogP contribution >= 0.6 is 0 Å². The van der Waals surface area contributed by atoms with Gasteiger partial charge in [-0.15, -0.1) is 0 Å². The summed E-state index contributed by atoms with van der Waals surface area (Å²) >= 11 is 0. The van der Waals surface area contributed by atoms with E-state index in [-0.39, 0.29) is 0 Å². The van der Waals surface area contributed by atoms with Gasteiger partial charge in [0.15, 0.2) is 0 Å². The molecular weight excluding hydrogens is 372 g/mol. The molecule has 3 atom stereocenters. The Hall–Kier alpha value is 0. The molecule has 0 aromatic heterocycles. The van der Waals surface area contributed by atoms with Crippen LogP contribution in [0.2, 0.25) is 0 Å². The minimum absolute atomic E-state index is 0.800. The second kappa shape index (κ2) is 8.05. The standard InChI is InChI=1S/2C11H18.C9H16/c2*1-11-5-8-2-9(6-11)4-10(3-8)7-11;1-2-8-5-7-3-4-9(8)6-7/h2*8-10H,2-7H2,1H3;7-9H,2-6H2,1H3. The third kappa shape index (κ3) is 4.41. The van der Waals surface area contributed by atoms with Gasteiger partial charge >= 0.3 is 0 Å². The van der Waals surface area contributed by atoms with Gasteiger partial charge in [0.05, 0.1) is 0 Å². The van der Waals surface area contributed by atoms with Gasteiger partial charge in [0, 0.05) is 0 Å². The molecule has 10 rings (SSSR count). The molecule has 10 aliphatic rings. The molecule has 0 aliphatic heterocycles. The normalized spacial score (nSPS) is 56.8. The maximum absolute atomic E-state index is 2.54. The Bertz CT molecular complexity index is 530. The topological polar surface area (TPSA) is 0 Å². The van der Waals surface area contributed by atoms with E-state index in [0.717, 1.165) is 64.1 Å². The van der Waals surface area contributed by atoms with E-state index in [1.807, 2.05) is 0 Å².